The monoisotopic (exact) mass is 287 g/mol. The van der Waals surface area contributed by atoms with Gasteiger partial charge in [-0.1, -0.05) is 6.07 Å². The summed E-state index contributed by atoms with van der Waals surface area (Å²) in [5.74, 6) is 0.471. The molecule has 0 spiro atoms. The molecule has 2 amide bonds. The van der Waals surface area contributed by atoms with E-state index in [2.05, 4.69) is 10.6 Å². The van der Waals surface area contributed by atoms with E-state index < -0.39 is 16.1 Å². The first-order valence-electron chi connectivity index (χ1n) is 5.60. The molecule has 7 nitrogen and oxygen atoms in total. The summed E-state index contributed by atoms with van der Waals surface area (Å²) in [6.07, 6.45) is 0.268. The standard InChI is InChI=1S/C11H17N3O4S/c1-18-10-5-2-4-9(8-10)14-11(15)13-6-3-7-19(12,16)17/h2,4-5,8H,3,6-7H2,1H3,(H2,12,16,17)(H2,13,14,15). The van der Waals surface area contributed by atoms with Gasteiger partial charge in [0, 0.05) is 18.3 Å². The molecule has 0 fully saturated rings. The topological polar surface area (TPSA) is 111 Å². The van der Waals surface area contributed by atoms with E-state index in [1.54, 1.807) is 24.3 Å². The van der Waals surface area contributed by atoms with Crippen LogP contribution in [0, 0.1) is 0 Å². The maximum absolute atomic E-state index is 11.5. The third-order valence-corrected chi connectivity index (χ3v) is 3.08. The van der Waals surface area contributed by atoms with Gasteiger partial charge in [0.2, 0.25) is 10.0 Å². The molecular weight excluding hydrogens is 270 g/mol. The van der Waals surface area contributed by atoms with Crippen LogP contribution in [0.1, 0.15) is 6.42 Å². The average Bonchev–Trinajstić information content (AvgIpc) is 2.34. The Bertz CT molecular complexity index is 530. The highest BCUT2D eigenvalue weighted by Gasteiger charge is 2.04. The van der Waals surface area contributed by atoms with Crippen LogP contribution < -0.4 is 20.5 Å². The van der Waals surface area contributed by atoms with E-state index in [4.69, 9.17) is 9.88 Å². The third-order valence-electron chi connectivity index (χ3n) is 2.22. The van der Waals surface area contributed by atoms with Crippen molar-refractivity contribution < 1.29 is 17.9 Å². The van der Waals surface area contributed by atoms with Crippen molar-refractivity contribution in [3.8, 4) is 5.75 Å². The lowest BCUT2D eigenvalue weighted by atomic mass is 10.3. The third kappa shape index (κ3) is 6.63. The van der Waals surface area contributed by atoms with Crippen LogP contribution in [-0.4, -0.2) is 33.9 Å². The van der Waals surface area contributed by atoms with Gasteiger partial charge in [-0.3, -0.25) is 0 Å². The van der Waals surface area contributed by atoms with E-state index in [1.807, 2.05) is 0 Å². The van der Waals surface area contributed by atoms with Crippen LogP contribution in [0.2, 0.25) is 0 Å². The molecule has 0 aliphatic carbocycles. The first-order chi connectivity index (χ1) is 8.90. The molecular formula is C11H17N3O4S. The Morgan fingerprint density at radius 2 is 2.16 bits per heavy atom. The van der Waals surface area contributed by atoms with Crippen molar-refractivity contribution in [2.75, 3.05) is 24.7 Å². The van der Waals surface area contributed by atoms with Crippen LogP contribution in [-0.2, 0) is 10.0 Å². The number of benzene rings is 1. The minimum Gasteiger partial charge on any atom is -0.497 e. The summed E-state index contributed by atoms with van der Waals surface area (Å²) in [5, 5.41) is 9.97. The summed E-state index contributed by atoms with van der Waals surface area (Å²) < 4.78 is 26.4. The highest BCUT2D eigenvalue weighted by molar-refractivity contribution is 7.89. The molecule has 0 bridgehead atoms. The van der Waals surface area contributed by atoms with E-state index in [-0.39, 0.29) is 18.7 Å². The number of urea groups is 1. The van der Waals surface area contributed by atoms with E-state index in [0.29, 0.717) is 11.4 Å². The molecule has 1 aromatic rings. The SMILES string of the molecule is COc1cccc(NC(=O)NCCCS(N)(=O)=O)c1. The van der Waals surface area contributed by atoms with Gasteiger partial charge < -0.3 is 15.4 Å². The summed E-state index contributed by atoms with van der Waals surface area (Å²) in [6, 6.07) is 6.48. The maximum Gasteiger partial charge on any atom is 0.319 e. The molecule has 106 valence electrons. The Labute approximate surface area is 112 Å². The van der Waals surface area contributed by atoms with Gasteiger partial charge in [0.1, 0.15) is 5.75 Å². The summed E-state index contributed by atoms with van der Waals surface area (Å²) in [7, 11) is -1.94. The zero-order valence-electron chi connectivity index (χ0n) is 10.5. The molecule has 8 heteroatoms. The number of methoxy groups -OCH3 is 1. The number of nitrogens with one attached hydrogen (secondary N) is 2. The fraction of sp³-hybridized carbons (Fsp3) is 0.364. The van der Waals surface area contributed by atoms with Crippen LogP contribution in [0.4, 0.5) is 10.5 Å². The molecule has 0 heterocycles. The number of anilines is 1. The second-order valence-corrected chi connectivity index (χ2v) is 5.57. The minimum atomic E-state index is -3.48. The summed E-state index contributed by atoms with van der Waals surface area (Å²) in [4.78, 5) is 11.5. The van der Waals surface area contributed by atoms with Gasteiger partial charge in [0.05, 0.1) is 12.9 Å². The Balaban J connectivity index is 2.34. The molecule has 19 heavy (non-hydrogen) atoms. The van der Waals surface area contributed by atoms with Gasteiger partial charge in [-0.25, -0.2) is 18.4 Å². The predicted molar refractivity (Wildman–Crippen MR) is 72.6 cm³/mol. The smallest absolute Gasteiger partial charge is 0.319 e. The normalized spacial score (nSPS) is 10.8. The molecule has 0 saturated heterocycles. The zero-order chi connectivity index (χ0) is 14.3. The number of primary sulfonamides is 1. The number of hydrogen-bond acceptors (Lipinski definition) is 4. The molecule has 0 atom stereocenters. The lowest BCUT2D eigenvalue weighted by molar-refractivity contribution is 0.252. The van der Waals surface area contributed by atoms with Crippen molar-refractivity contribution in [3.05, 3.63) is 24.3 Å². The van der Waals surface area contributed by atoms with Crippen molar-refractivity contribution in [2.24, 2.45) is 5.14 Å². The highest BCUT2D eigenvalue weighted by Crippen LogP contribution is 2.16. The van der Waals surface area contributed by atoms with Crippen molar-refractivity contribution in [2.45, 2.75) is 6.42 Å². The van der Waals surface area contributed by atoms with E-state index in [0.717, 1.165) is 0 Å². The van der Waals surface area contributed by atoms with E-state index in [9.17, 15) is 13.2 Å². The van der Waals surface area contributed by atoms with Crippen LogP contribution in [0.25, 0.3) is 0 Å². The Hall–Kier alpha value is -1.80. The summed E-state index contributed by atoms with van der Waals surface area (Å²) >= 11 is 0. The van der Waals surface area contributed by atoms with Gasteiger partial charge in [-0.2, -0.15) is 0 Å². The van der Waals surface area contributed by atoms with Crippen molar-refractivity contribution in [1.82, 2.24) is 5.32 Å². The second kappa shape index (κ2) is 6.95. The molecule has 1 rings (SSSR count). The molecule has 1 aromatic carbocycles. The fourth-order valence-electron chi connectivity index (χ4n) is 1.35. The maximum atomic E-state index is 11.5. The lowest BCUT2D eigenvalue weighted by Gasteiger charge is -2.08. The Morgan fingerprint density at radius 3 is 2.79 bits per heavy atom. The highest BCUT2D eigenvalue weighted by atomic mass is 32.2. The molecule has 0 aromatic heterocycles. The Morgan fingerprint density at radius 1 is 1.42 bits per heavy atom. The molecule has 0 aliphatic heterocycles. The van der Waals surface area contributed by atoms with Crippen LogP contribution in [0.15, 0.2) is 24.3 Å². The number of amides is 2. The number of nitrogens with two attached hydrogens (primary N) is 1. The van der Waals surface area contributed by atoms with Crippen molar-refractivity contribution >= 4 is 21.7 Å². The predicted octanol–water partition coefficient (Wildman–Crippen LogP) is 0.495. The van der Waals surface area contributed by atoms with Gasteiger partial charge in [-0.05, 0) is 18.6 Å². The number of ether oxygens (including phenoxy) is 1. The summed E-state index contributed by atoms with van der Waals surface area (Å²) in [6.45, 7) is 0.228. The summed E-state index contributed by atoms with van der Waals surface area (Å²) in [5.41, 5.74) is 0.586. The first-order valence-corrected chi connectivity index (χ1v) is 7.31. The van der Waals surface area contributed by atoms with E-state index >= 15 is 0 Å². The average molecular weight is 287 g/mol. The van der Waals surface area contributed by atoms with Crippen molar-refractivity contribution in [1.29, 1.82) is 0 Å². The fourth-order valence-corrected chi connectivity index (χ4v) is 1.90. The van der Waals surface area contributed by atoms with Crippen LogP contribution in [0.5, 0.6) is 5.75 Å². The molecule has 0 radical (unpaired) electrons. The van der Waals surface area contributed by atoms with Gasteiger partial charge in [-0.15, -0.1) is 0 Å². The Kier molecular flexibility index (Phi) is 5.58. The number of sulfonamides is 1. The molecule has 0 unspecified atom stereocenters. The lowest BCUT2D eigenvalue weighted by Crippen LogP contribution is -2.31. The molecule has 0 aliphatic rings. The number of carbonyl (C=O) groups is 1. The van der Waals surface area contributed by atoms with E-state index in [1.165, 1.54) is 7.11 Å². The van der Waals surface area contributed by atoms with Gasteiger partial charge in [0.25, 0.3) is 0 Å². The zero-order valence-corrected chi connectivity index (χ0v) is 11.4. The first kappa shape index (κ1) is 15.3. The molecule has 4 N–H and O–H groups in total. The molecule has 0 saturated carbocycles. The quantitative estimate of drug-likeness (QED) is 0.661. The largest absolute Gasteiger partial charge is 0.497 e. The van der Waals surface area contributed by atoms with Gasteiger partial charge >= 0.3 is 6.03 Å². The van der Waals surface area contributed by atoms with Crippen LogP contribution in [0.3, 0.4) is 0 Å². The number of hydrogen-bond donors (Lipinski definition) is 3. The van der Waals surface area contributed by atoms with Gasteiger partial charge in [0.15, 0.2) is 0 Å². The second-order valence-electron chi connectivity index (χ2n) is 3.83. The minimum absolute atomic E-state index is 0.160. The van der Waals surface area contributed by atoms with Crippen LogP contribution >= 0.6 is 0 Å². The van der Waals surface area contributed by atoms with Crippen molar-refractivity contribution in [3.63, 3.8) is 0 Å². The number of carbonyl (C=O) groups excluding carboxylic acids is 1. The number of rotatable bonds is 6.